The molecule has 0 radical (unpaired) electrons. The van der Waals surface area contributed by atoms with Crippen LogP contribution >= 0.6 is 11.8 Å². The number of nitrogens with zero attached hydrogens (tertiary/aromatic N) is 2. The molecule has 1 aromatic carbocycles. The van der Waals surface area contributed by atoms with E-state index in [0.717, 1.165) is 16.7 Å². The van der Waals surface area contributed by atoms with Crippen LogP contribution in [0.25, 0.3) is 10.9 Å². The van der Waals surface area contributed by atoms with Crippen LogP contribution < -0.4 is 19.3 Å². The second-order valence-corrected chi connectivity index (χ2v) is 7.82. The molecule has 0 aliphatic carbocycles. The molecule has 8 nitrogen and oxygen atoms in total. The molecule has 0 unspecified atom stereocenters. The topological polar surface area (TPSA) is 127 Å². The van der Waals surface area contributed by atoms with Gasteiger partial charge >= 0.3 is 0 Å². The van der Waals surface area contributed by atoms with E-state index < -0.39 is 10.2 Å². The van der Waals surface area contributed by atoms with Crippen molar-refractivity contribution in [3.63, 3.8) is 0 Å². The van der Waals surface area contributed by atoms with Crippen LogP contribution in [0.1, 0.15) is 18.4 Å². The van der Waals surface area contributed by atoms with Gasteiger partial charge in [-0.1, -0.05) is 0 Å². The Morgan fingerprint density at radius 2 is 1.96 bits per heavy atom. The summed E-state index contributed by atoms with van der Waals surface area (Å²) in [7, 11) is -0.545. The minimum Gasteiger partial charge on any atom is -0.493 e. The van der Waals surface area contributed by atoms with Crippen molar-refractivity contribution in [2.75, 3.05) is 26.5 Å². The molecule has 0 amide bonds. The van der Waals surface area contributed by atoms with Crippen molar-refractivity contribution in [3.8, 4) is 17.6 Å². The lowest BCUT2D eigenvalue weighted by Gasteiger charge is -2.12. The van der Waals surface area contributed by atoms with Gasteiger partial charge in [0.2, 0.25) is 0 Å². The van der Waals surface area contributed by atoms with Crippen LogP contribution in [0.2, 0.25) is 0 Å². The first kappa shape index (κ1) is 20.3. The molecular formula is C16H20N4O4S2. The number of fused-ring (bicyclic) bond motifs is 1. The normalized spacial score (nSPS) is 11.3. The Kier molecular flexibility index (Phi) is 7.05. The lowest BCUT2D eigenvalue weighted by Crippen LogP contribution is -2.31. The predicted octanol–water partition coefficient (Wildman–Crippen LogP) is 1.79. The number of pyridine rings is 1. The lowest BCUT2D eigenvalue weighted by atomic mass is 10.1. The standard InChI is InChI=1S/C16H20N4O4S2/c1-23-14-7-12-13(8-15(14)24-2)19-10-11(9-17)16(12)25-6-4-3-5-20-26(18,21)22/h7-8,10,20H,3-6H2,1-2H3,(H2,18,21,22). The third-order valence-electron chi connectivity index (χ3n) is 3.57. The number of rotatable bonds is 9. The Balaban J connectivity index is 2.18. The minimum atomic E-state index is -3.65. The van der Waals surface area contributed by atoms with Gasteiger partial charge in [0.05, 0.1) is 25.3 Å². The summed E-state index contributed by atoms with van der Waals surface area (Å²) in [5, 5.41) is 15.1. The molecule has 0 aliphatic heterocycles. The highest BCUT2D eigenvalue weighted by atomic mass is 32.2. The van der Waals surface area contributed by atoms with Crippen molar-refractivity contribution in [2.45, 2.75) is 17.7 Å². The maximum atomic E-state index is 10.8. The zero-order chi connectivity index (χ0) is 19.2. The van der Waals surface area contributed by atoms with E-state index in [1.165, 1.54) is 11.8 Å². The summed E-state index contributed by atoms with van der Waals surface area (Å²) >= 11 is 1.52. The molecule has 2 aromatic rings. The number of hydrogen-bond acceptors (Lipinski definition) is 7. The van der Waals surface area contributed by atoms with Crippen LogP contribution in [0.15, 0.2) is 23.2 Å². The van der Waals surface area contributed by atoms with Crippen LogP contribution in [0.4, 0.5) is 0 Å². The van der Waals surface area contributed by atoms with E-state index in [-0.39, 0.29) is 6.54 Å². The fourth-order valence-electron chi connectivity index (χ4n) is 2.35. The largest absolute Gasteiger partial charge is 0.493 e. The Bertz CT molecular complexity index is 926. The second-order valence-electron chi connectivity index (χ2n) is 5.33. The van der Waals surface area contributed by atoms with Gasteiger partial charge in [0.25, 0.3) is 10.2 Å². The van der Waals surface area contributed by atoms with Gasteiger partial charge in [0.1, 0.15) is 6.07 Å². The van der Waals surface area contributed by atoms with Gasteiger partial charge in [-0.15, -0.1) is 11.8 Å². The number of ether oxygens (including phenoxy) is 2. The van der Waals surface area contributed by atoms with E-state index in [1.54, 1.807) is 26.5 Å². The smallest absolute Gasteiger partial charge is 0.274 e. The molecule has 3 N–H and O–H groups in total. The molecule has 0 saturated carbocycles. The van der Waals surface area contributed by atoms with E-state index >= 15 is 0 Å². The molecule has 0 aliphatic rings. The SMILES string of the molecule is COc1cc2ncc(C#N)c(SCCCCNS(N)(=O)=O)c2cc1OC. The molecule has 0 atom stereocenters. The highest BCUT2D eigenvalue weighted by Crippen LogP contribution is 2.37. The number of hydrogen-bond donors (Lipinski definition) is 2. The number of aromatic nitrogens is 1. The molecule has 26 heavy (non-hydrogen) atoms. The fourth-order valence-corrected chi connectivity index (χ4v) is 3.90. The maximum Gasteiger partial charge on any atom is 0.274 e. The third kappa shape index (κ3) is 5.22. The van der Waals surface area contributed by atoms with Gasteiger partial charge < -0.3 is 9.47 Å². The number of benzene rings is 1. The van der Waals surface area contributed by atoms with Gasteiger partial charge in [-0.3, -0.25) is 4.98 Å². The Labute approximate surface area is 156 Å². The summed E-state index contributed by atoms with van der Waals surface area (Å²) in [6.45, 7) is 0.284. The molecule has 0 bridgehead atoms. The van der Waals surface area contributed by atoms with Crippen LogP contribution in [0.5, 0.6) is 11.5 Å². The molecule has 0 fully saturated rings. The molecule has 1 heterocycles. The zero-order valence-electron chi connectivity index (χ0n) is 14.5. The van der Waals surface area contributed by atoms with E-state index in [2.05, 4.69) is 15.8 Å². The van der Waals surface area contributed by atoms with Crippen LogP contribution in [0.3, 0.4) is 0 Å². The van der Waals surface area contributed by atoms with Gasteiger partial charge in [-0.2, -0.15) is 13.7 Å². The minimum absolute atomic E-state index is 0.284. The van der Waals surface area contributed by atoms with E-state index in [4.69, 9.17) is 14.6 Å². The van der Waals surface area contributed by atoms with Gasteiger partial charge in [-0.05, 0) is 24.7 Å². The number of nitrogens with one attached hydrogen (secondary N) is 1. The summed E-state index contributed by atoms with van der Waals surface area (Å²) in [5.41, 5.74) is 1.19. The molecular weight excluding hydrogens is 376 g/mol. The number of methoxy groups -OCH3 is 2. The van der Waals surface area contributed by atoms with Crippen molar-refractivity contribution in [1.29, 1.82) is 5.26 Å². The molecule has 140 valence electrons. The monoisotopic (exact) mass is 396 g/mol. The second kappa shape index (κ2) is 9.05. The van der Waals surface area contributed by atoms with Crippen molar-refractivity contribution in [3.05, 3.63) is 23.9 Å². The summed E-state index contributed by atoms with van der Waals surface area (Å²) in [6.07, 6.45) is 2.94. The van der Waals surface area contributed by atoms with Crippen molar-refractivity contribution in [2.24, 2.45) is 5.14 Å². The number of unbranched alkanes of at least 4 members (excludes halogenated alkanes) is 1. The van der Waals surface area contributed by atoms with E-state index in [1.807, 2.05) is 6.07 Å². The summed E-state index contributed by atoms with van der Waals surface area (Å²) in [4.78, 5) is 5.14. The van der Waals surface area contributed by atoms with E-state index in [0.29, 0.717) is 34.8 Å². The van der Waals surface area contributed by atoms with Gasteiger partial charge in [-0.25, -0.2) is 9.86 Å². The number of thioether (sulfide) groups is 1. The lowest BCUT2D eigenvalue weighted by molar-refractivity contribution is 0.355. The average Bonchev–Trinajstić information content (AvgIpc) is 2.62. The molecule has 0 spiro atoms. The van der Waals surface area contributed by atoms with Crippen LogP contribution in [-0.2, 0) is 10.2 Å². The van der Waals surface area contributed by atoms with Crippen molar-refractivity contribution in [1.82, 2.24) is 9.71 Å². The number of nitrogens with two attached hydrogens (primary N) is 1. The molecule has 1 aromatic heterocycles. The first-order valence-corrected chi connectivity index (χ1v) is 10.3. The quantitative estimate of drug-likeness (QED) is 0.488. The predicted molar refractivity (Wildman–Crippen MR) is 101 cm³/mol. The molecule has 2 rings (SSSR count). The average molecular weight is 396 g/mol. The summed E-state index contributed by atoms with van der Waals surface area (Å²) in [6, 6.07) is 5.75. The highest BCUT2D eigenvalue weighted by molar-refractivity contribution is 7.99. The van der Waals surface area contributed by atoms with E-state index in [9.17, 15) is 13.7 Å². The highest BCUT2D eigenvalue weighted by Gasteiger charge is 2.14. The summed E-state index contributed by atoms with van der Waals surface area (Å²) < 4.78 is 34.5. The molecule has 0 saturated heterocycles. The van der Waals surface area contributed by atoms with Crippen molar-refractivity contribution >= 4 is 32.9 Å². The van der Waals surface area contributed by atoms with Crippen LogP contribution in [-0.4, -0.2) is 39.9 Å². The number of nitriles is 1. The fraction of sp³-hybridized carbons (Fsp3) is 0.375. The third-order valence-corrected chi connectivity index (χ3v) is 5.39. The van der Waals surface area contributed by atoms with Crippen LogP contribution in [0, 0.1) is 11.3 Å². The Morgan fingerprint density at radius 3 is 2.58 bits per heavy atom. The van der Waals surface area contributed by atoms with Gasteiger partial charge in [0.15, 0.2) is 11.5 Å². The van der Waals surface area contributed by atoms with Gasteiger partial charge in [0, 0.05) is 29.1 Å². The summed E-state index contributed by atoms with van der Waals surface area (Å²) in [5.74, 6) is 1.85. The first-order chi connectivity index (χ1) is 12.4. The first-order valence-electron chi connectivity index (χ1n) is 7.74. The van der Waals surface area contributed by atoms with Crippen molar-refractivity contribution < 1.29 is 17.9 Å². The zero-order valence-corrected chi connectivity index (χ0v) is 16.1. The molecule has 10 heteroatoms. The Morgan fingerprint density at radius 1 is 1.27 bits per heavy atom. The Hall–Kier alpha value is -2.06. The maximum absolute atomic E-state index is 10.8.